The van der Waals surface area contributed by atoms with Gasteiger partial charge in [0.05, 0.1) is 11.9 Å². The predicted octanol–water partition coefficient (Wildman–Crippen LogP) is 1.52. The van der Waals surface area contributed by atoms with Gasteiger partial charge in [0, 0.05) is 6.07 Å². The molecule has 2 heterocycles. The second-order valence-corrected chi connectivity index (χ2v) is 3.71. The minimum absolute atomic E-state index is 0.223. The van der Waals surface area contributed by atoms with Crippen LogP contribution < -0.4 is 11.1 Å². The van der Waals surface area contributed by atoms with Gasteiger partial charge in [-0.05, 0) is 25.5 Å². The van der Waals surface area contributed by atoms with E-state index in [4.69, 9.17) is 10.3 Å². The second-order valence-electron chi connectivity index (χ2n) is 3.71. The summed E-state index contributed by atoms with van der Waals surface area (Å²) >= 11 is 0. The zero-order chi connectivity index (χ0) is 12.4. The molecule has 0 aliphatic rings. The lowest BCUT2D eigenvalue weighted by atomic mass is 10.2. The average molecular weight is 232 g/mol. The van der Waals surface area contributed by atoms with Gasteiger partial charge in [0.2, 0.25) is 0 Å². The Labute approximate surface area is 97.8 Å². The Morgan fingerprint density at radius 1 is 1.41 bits per heavy atom. The van der Waals surface area contributed by atoms with Gasteiger partial charge in [0.25, 0.3) is 5.91 Å². The molecular weight excluding hydrogens is 220 g/mol. The minimum atomic E-state index is -0.359. The fraction of sp³-hybridized carbons (Fsp3) is 0.182. The van der Waals surface area contributed by atoms with Gasteiger partial charge in [-0.15, -0.1) is 0 Å². The van der Waals surface area contributed by atoms with Crippen LogP contribution in [0.4, 0.5) is 11.5 Å². The molecule has 2 aromatic rings. The summed E-state index contributed by atoms with van der Waals surface area (Å²) in [5, 5.41) is 6.26. The van der Waals surface area contributed by atoms with Crippen LogP contribution in [0, 0.1) is 13.8 Å². The van der Waals surface area contributed by atoms with Crippen molar-refractivity contribution in [2.45, 2.75) is 13.8 Å². The van der Waals surface area contributed by atoms with Gasteiger partial charge >= 0.3 is 0 Å². The standard InChI is InChI=1S/C11H12N4O2/c1-6-3-8(12)5-13-10(6)14-11(16)9-4-7(2)17-15-9/h3-5H,12H2,1-2H3,(H,13,14,16). The first kappa shape index (κ1) is 11.1. The summed E-state index contributed by atoms with van der Waals surface area (Å²) in [6.07, 6.45) is 1.48. The first-order chi connectivity index (χ1) is 8.06. The molecule has 0 fully saturated rings. The van der Waals surface area contributed by atoms with Crippen molar-refractivity contribution in [3.05, 3.63) is 35.3 Å². The topological polar surface area (TPSA) is 94.0 Å². The Morgan fingerprint density at radius 3 is 2.76 bits per heavy atom. The van der Waals surface area contributed by atoms with E-state index < -0.39 is 0 Å². The molecule has 0 atom stereocenters. The molecule has 6 heteroatoms. The lowest BCUT2D eigenvalue weighted by Gasteiger charge is -2.05. The number of carbonyl (C=O) groups excluding carboxylic acids is 1. The quantitative estimate of drug-likeness (QED) is 0.818. The minimum Gasteiger partial charge on any atom is -0.397 e. The van der Waals surface area contributed by atoms with Crippen LogP contribution in [0.5, 0.6) is 0 Å². The fourth-order valence-corrected chi connectivity index (χ4v) is 1.37. The van der Waals surface area contributed by atoms with Crippen LogP contribution >= 0.6 is 0 Å². The molecule has 0 aliphatic carbocycles. The Hall–Kier alpha value is -2.37. The summed E-state index contributed by atoms with van der Waals surface area (Å²) in [6.45, 7) is 3.53. The van der Waals surface area contributed by atoms with Crippen molar-refractivity contribution in [1.82, 2.24) is 10.1 Å². The van der Waals surface area contributed by atoms with E-state index in [0.29, 0.717) is 17.3 Å². The summed E-state index contributed by atoms with van der Waals surface area (Å²) < 4.78 is 4.82. The fourth-order valence-electron chi connectivity index (χ4n) is 1.37. The number of aromatic nitrogens is 2. The van der Waals surface area contributed by atoms with E-state index in [0.717, 1.165) is 5.56 Å². The van der Waals surface area contributed by atoms with Crippen molar-refractivity contribution in [2.75, 3.05) is 11.1 Å². The van der Waals surface area contributed by atoms with E-state index in [1.54, 1.807) is 19.1 Å². The molecule has 0 unspecified atom stereocenters. The van der Waals surface area contributed by atoms with Crippen molar-refractivity contribution < 1.29 is 9.32 Å². The van der Waals surface area contributed by atoms with E-state index in [-0.39, 0.29) is 11.6 Å². The molecule has 0 radical (unpaired) electrons. The lowest BCUT2D eigenvalue weighted by molar-refractivity contribution is 0.101. The third-order valence-corrected chi connectivity index (χ3v) is 2.19. The highest BCUT2D eigenvalue weighted by Crippen LogP contribution is 2.15. The molecule has 0 bridgehead atoms. The first-order valence-corrected chi connectivity index (χ1v) is 5.03. The van der Waals surface area contributed by atoms with Crippen LogP contribution in [-0.4, -0.2) is 16.0 Å². The zero-order valence-electron chi connectivity index (χ0n) is 9.52. The number of nitrogens with zero attached hydrogens (tertiary/aromatic N) is 2. The highest BCUT2D eigenvalue weighted by atomic mass is 16.5. The zero-order valence-corrected chi connectivity index (χ0v) is 9.52. The lowest BCUT2D eigenvalue weighted by Crippen LogP contribution is -2.14. The summed E-state index contributed by atoms with van der Waals surface area (Å²) in [5.74, 6) is 0.684. The summed E-state index contributed by atoms with van der Waals surface area (Å²) in [5.41, 5.74) is 7.14. The maximum absolute atomic E-state index is 11.8. The highest BCUT2D eigenvalue weighted by molar-refractivity contribution is 6.02. The van der Waals surface area contributed by atoms with Crippen molar-refractivity contribution >= 4 is 17.4 Å². The van der Waals surface area contributed by atoms with Gasteiger partial charge in [0.15, 0.2) is 5.69 Å². The summed E-state index contributed by atoms with van der Waals surface area (Å²) in [4.78, 5) is 15.8. The van der Waals surface area contributed by atoms with Crippen LogP contribution in [0.1, 0.15) is 21.8 Å². The Kier molecular flexibility index (Phi) is 2.78. The molecule has 88 valence electrons. The van der Waals surface area contributed by atoms with Crippen LogP contribution in [0.25, 0.3) is 0 Å². The number of hydrogen-bond donors (Lipinski definition) is 2. The van der Waals surface area contributed by atoms with E-state index in [9.17, 15) is 4.79 Å². The average Bonchev–Trinajstić information content (AvgIpc) is 2.69. The van der Waals surface area contributed by atoms with Crippen LogP contribution in [0.2, 0.25) is 0 Å². The SMILES string of the molecule is Cc1cc(C(=O)Nc2ncc(N)cc2C)no1. The molecule has 2 rings (SSSR count). The number of nitrogen functional groups attached to an aromatic ring is 1. The first-order valence-electron chi connectivity index (χ1n) is 5.03. The molecule has 0 aliphatic heterocycles. The number of pyridine rings is 1. The molecule has 0 saturated heterocycles. The number of nitrogens with one attached hydrogen (secondary N) is 1. The summed E-state index contributed by atoms with van der Waals surface area (Å²) in [6, 6.07) is 3.29. The third kappa shape index (κ3) is 2.41. The van der Waals surface area contributed by atoms with Gasteiger partial charge in [-0.3, -0.25) is 4.79 Å². The van der Waals surface area contributed by atoms with Gasteiger partial charge in [-0.2, -0.15) is 0 Å². The molecule has 0 saturated carbocycles. The van der Waals surface area contributed by atoms with Crippen LogP contribution in [0.3, 0.4) is 0 Å². The predicted molar refractivity (Wildman–Crippen MR) is 62.6 cm³/mol. The largest absolute Gasteiger partial charge is 0.397 e. The Morgan fingerprint density at radius 2 is 2.18 bits per heavy atom. The molecule has 17 heavy (non-hydrogen) atoms. The van der Waals surface area contributed by atoms with E-state index in [1.807, 2.05) is 6.92 Å². The van der Waals surface area contributed by atoms with E-state index in [2.05, 4.69) is 15.5 Å². The summed E-state index contributed by atoms with van der Waals surface area (Å²) in [7, 11) is 0. The van der Waals surface area contributed by atoms with Crippen molar-refractivity contribution in [2.24, 2.45) is 0 Å². The Bertz CT molecular complexity index is 562. The van der Waals surface area contributed by atoms with Crippen molar-refractivity contribution in [3.63, 3.8) is 0 Å². The van der Waals surface area contributed by atoms with Crippen molar-refractivity contribution in [3.8, 4) is 0 Å². The normalized spacial score (nSPS) is 10.2. The smallest absolute Gasteiger partial charge is 0.279 e. The van der Waals surface area contributed by atoms with Gasteiger partial charge < -0.3 is 15.6 Å². The van der Waals surface area contributed by atoms with E-state index >= 15 is 0 Å². The van der Waals surface area contributed by atoms with Gasteiger partial charge in [-0.25, -0.2) is 4.98 Å². The molecule has 0 aromatic carbocycles. The number of rotatable bonds is 2. The molecule has 0 spiro atoms. The third-order valence-electron chi connectivity index (χ3n) is 2.19. The highest BCUT2D eigenvalue weighted by Gasteiger charge is 2.12. The maximum atomic E-state index is 11.8. The van der Waals surface area contributed by atoms with E-state index in [1.165, 1.54) is 6.20 Å². The molecule has 6 nitrogen and oxygen atoms in total. The number of hydrogen-bond acceptors (Lipinski definition) is 5. The number of anilines is 2. The number of amides is 1. The molecule has 2 aromatic heterocycles. The Balaban J connectivity index is 2.18. The van der Waals surface area contributed by atoms with Crippen LogP contribution in [-0.2, 0) is 0 Å². The number of aryl methyl sites for hydroxylation is 2. The van der Waals surface area contributed by atoms with Crippen molar-refractivity contribution in [1.29, 1.82) is 0 Å². The second kappa shape index (κ2) is 4.25. The number of nitrogens with two attached hydrogens (primary N) is 1. The maximum Gasteiger partial charge on any atom is 0.279 e. The van der Waals surface area contributed by atoms with Crippen LogP contribution in [0.15, 0.2) is 22.9 Å². The molecule has 1 amide bonds. The monoisotopic (exact) mass is 232 g/mol. The number of carbonyl (C=O) groups is 1. The molecule has 3 N–H and O–H groups in total. The van der Waals surface area contributed by atoms with Gasteiger partial charge in [-0.1, -0.05) is 5.16 Å². The van der Waals surface area contributed by atoms with Gasteiger partial charge in [0.1, 0.15) is 11.6 Å². The molecular formula is C11H12N4O2.